The number of allylic oxidation sites excluding steroid dienone is 2. The number of hydrogen-bond acceptors (Lipinski definition) is 3. The van der Waals surface area contributed by atoms with Crippen molar-refractivity contribution in [2.45, 2.75) is 32.3 Å². The van der Waals surface area contributed by atoms with Crippen LogP contribution in [0.4, 0.5) is 0 Å². The van der Waals surface area contributed by atoms with Crippen molar-refractivity contribution in [1.29, 1.82) is 0 Å². The third-order valence-corrected chi connectivity index (χ3v) is 4.44. The Morgan fingerprint density at radius 3 is 2.20 bits per heavy atom. The van der Waals surface area contributed by atoms with Crippen molar-refractivity contribution < 1.29 is 14.3 Å². The highest BCUT2D eigenvalue weighted by atomic mass is 16.5. The Bertz CT molecular complexity index is 775. The van der Waals surface area contributed by atoms with Gasteiger partial charge in [0.05, 0.1) is 6.10 Å². The van der Waals surface area contributed by atoms with E-state index in [0.29, 0.717) is 6.42 Å². The largest absolute Gasteiger partial charge is 0.462 e. The molecule has 2 aromatic rings. The first kappa shape index (κ1) is 17.2. The van der Waals surface area contributed by atoms with E-state index in [0.717, 1.165) is 16.7 Å². The van der Waals surface area contributed by atoms with Crippen LogP contribution in [0.3, 0.4) is 0 Å². The molecule has 1 aliphatic carbocycles. The average molecular weight is 334 g/mol. The van der Waals surface area contributed by atoms with Gasteiger partial charge in [0.25, 0.3) is 0 Å². The molecule has 2 unspecified atom stereocenters. The third-order valence-electron chi connectivity index (χ3n) is 4.44. The fraction of sp³-hybridized carbons (Fsp3) is 0.273. The van der Waals surface area contributed by atoms with Crippen LogP contribution in [0.25, 0.3) is 5.57 Å². The molecule has 2 aromatic carbocycles. The fourth-order valence-corrected chi connectivity index (χ4v) is 3.32. The Morgan fingerprint density at radius 1 is 1.00 bits per heavy atom. The van der Waals surface area contributed by atoms with Gasteiger partial charge in [-0.05, 0) is 43.0 Å². The van der Waals surface area contributed by atoms with Crippen molar-refractivity contribution in [1.82, 2.24) is 0 Å². The quantitative estimate of drug-likeness (QED) is 0.615. The van der Waals surface area contributed by atoms with Gasteiger partial charge in [-0.25, -0.2) is 0 Å². The molecule has 0 saturated carbocycles. The molecule has 0 bridgehead atoms. The zero-order valence-corrected chi connectivity index (χ0v) is 14.5. The van der Waals surface area contributed by atoms with Gasteiger partial charge in [0.2, 0.25) is 0 Å². The summed E-state index contributed by atoms with van der Waals surface area (Å²) in [6, 6.07) is 19.6. The first-order chi connectivity index (χ1) is 12.1. The van der Waals surface area contributed by atoms with E-state index in [4.69, 9.17) is 4.74 Å². The molecule has 3 heteroatoms. The second kappa shape index (κ2) is 7.47. The molecule has 128 valence electrons. The first-order valence-corrected chi connectivity index (χ1v) is 8.61. The summed E-state index contributed by atoms with van der Waals surface area (Å²) < 4.78 is 5.36. The van der Waals surface area contributed by atoms with Crippen LogP contribution in [-0.2, 0) is 14.3 Å². The van der Waals surface area contributed by atoms with Crippen molar-refractivity contribution in [2.24, 2.45) is 5.92 Å². The van der Waals surface area contributed by atoms with E-state index in [2.05, 4.69) is 0 Å². The number of esters is 1. The summed E-state index contributed by atoms with van der Waals surface area (Å²) in [7, 11) is 0. The summed E-state index contributed by atoms with van der Waals surface area (Å²) in [5, 5.41) is 0. The van der Waals surface area contributed by atoms with E-state index in [1.54, 1.807) is 19.9 Å². The van der Waals surface area contributed by atoms with E-state index >= 15 is 0 Å². The van der Waals surface area contributed by atoms with Crippen LogP contribution in [-0.4, -0.2) is 17.9 Å². The summed E-state index contributed by atoms with van der Waals surface area (Å²) in [5.74, 6) is -1.60. The van der Waals surface area contributed by atoms with E-state index in [-0.39, 0.29) is 17.8 Å². The Balaban J connectivity index is 2.00. The lowest BCUT2D eigenvalue weighted by atomic mass is 9.73. The van der Waals surface area contributed by atoms with Crippen LogP contribution >= 0.6 is 0 Å². The van der Waals surface area contributed by atoms with Crippen LogP contribution in [0.15, 0.2) is 66.7 Å². The zero-order chi connectivity index (χ0) is 17.8. The van der Waals surface area contributed by atoms with Crippen molar-refractivity contribution in [2.75, 3.05) is 0 Å². The van der Waals surface area contributed by atoms with E-state index in [1.807, 2.05) is 60.7 Å². The summed E-state index contributed by atoms with van der Waals surface area (Å²) >= 11 is 0. The van der Waals surface area contributed by atoms with Gasteiger partial charge >= 0.3 is 5.97 Å². The van der Waals surface area contributed by atoms with Crippen LogP contribution in [0.1, 0.15) is 37.3 Å². The molecule has 0 saturated heterocycles. The normalized spacial score (nSPS) is 20.3. The minimum Gasteiger partial charge on any atom is -0.462 e. The summed E-state index contributed by atoms with van der Waals surface area (Å²) in [5.41, 5.74) is 2.98. The Kier molecular flexibility index (Phi) is 5.13. The lowest BCUT2D eigenvalue weighted by Crippen LogP contribution is -2.35. The highest BCUT2D eigenvalue weighted by Gasteiger charge is 2.40. The van der Waals surface area contributed by atoms with Crippen LogP contribution in [0.5, 0.6) is 0 Å². The molecule has 0 amide bonds. The maximum atomic E-state index is 12.8. The van der Waals surface area contributed by atoms with Gasteiger partial charge in [-0.3, -0.25) is 9.59 Å². The van der Waals surface area contributed by atoms with Gasteiger partial charge in [0.1, 0.15) is 5.92 Å². The summed E-state index contributed by atoms with van der Waals surface area (Å²) in [4.78, 5) is 25.4. The fourth-order valence-electron chi connectivity index (χ4n) is 3.32. The van der Waals surface area contributed by atoms with E-state index in [9.17, 15) is 9.59 Å². The predicted molar refractivity (Wildman–Crippen MR) is 97.9 cm³/mol. The van der Waals surface area contributed by atoms with Crippen molar-refractivity contribution >= 4 is 17.3 Å². The Labute approximate surface area is 148 Å². The van der Waals surface area contributed by atoms with Gasteiger partial charge in [-0.2, -0.15) is 0 Å². The second-order valence-corrected chi connectivity index (χ2v) is 6.62. The topological polar surface area (TPSA) is 43.4 Å². The molecular formula is C22H22O3. The SMILES string of the molecule is CC(C)OC(=O)C1C(=O)C=C(c2ccccc2)CC1c1ccccc1. The molecule has 3 rings (SSSR count). The van der Waals surface area contributed by atoms with Gasteiger partial charge in [0.15, 0.2) is 5.78 Å². The monoisotopic (exact) mass is 334 g/mol. The standard InChI is InChI=1S/C22H22O3/c1-15(2)25-22(24)21-19(17-11-7-4-8-12-17)13-18(14-20(21)23)16-9-5-3-6-10-16/h3-12,14-15,19,21H,13H2,1-2H3. The number of rotatable bonds is 4. The lowest BCUT2D eigenvalue weighted by molar-refractivity contribution is -0.155. The second-order valence-electron chi connectivity index (χ2n) is 6.62. The van der Waals surface area contributed by atoms with Crippen molar-refractivity contribution in [3.8, 4) is 0 Å². The predicted octanol–water partition coefficient (Wildman–Crippen LogP) is 4.39. The molecular weight excluding hydrogens is 312 g/mol. The lowest BCUT2D eigenvalue weighted by Gasteiger charge is -2.30. The smallest absolute Gasteiger partial charge is 0.317 e. The van der Waals surface area contributed by atoms with Crippen LogP contribution < -0.4 is 0 Å². The van der Waals surface area contributed by atoms with Crippen molar-refractivity contribution in [3.05, 3.63) is 77.9 Å². The number of hydrogen-bond donors (Lipinski definition) is 0. The number of ether oxygens (including phenoxy) is 1. The Hall–Kier alpha value is -2.68. The molecule has 0 fully saturated rings. The highest BCUT2D eigenvalue weighted by molar-refractivity contribution is 6.10. The summed E-state index contributed by atoms with van der Waals surface area (Å²) in [6.45, 7) is 3.60. The molecule has 0 aliphatic heterocycles. The number of carbonyl (C=O) groups excluding carboxylic acids is 2. The third kappa shape index (κ3) is 3.87. The molecule has 0 spiro atoms. The molecule has 2 atom stereocenters. The molecule has 0 aromatic heterocycles. The van der Waals surface area contributed by atoms with Gasteiger partial charge in [-0.15, -0.1) is 0 Å². The van der Waals surface area contributed by atoms with Gasteiger partial charge in [0, 0.05) is 5.92 Å². The summed E-state index contributed by atoms with van der Waals surface area (Å²) in [6.07, 6.45) is 2.01. The molecule has 25 heavy (non-hydrogen) atoms. The molecule has 0 N–H and O–H groups in total. The van der Waals surface area contributed by atoms with E-state index in [1.165, 1.54) is 0 Å². The molecule has 1 aliphatic rings. The highest BCUT2D eigenvalue weighted by Crippen LogP contribution is 2.40. The minimum absolute atomic E-state index is 0.176. The number of ketones is 1. The van der Waals surface area contributed by atoms with Crippen LogP contribution in [0.2, 0.25) is 0 Å². The van der Waals surface area contributed by atoms with Gasteiger partial charge < -0.3 is 4.74 Å². The minimum atomic E-state index is -0.780. The zero-order valence-electron chi connectivity index (χ0n) is 14.5. The van der Waals surface area contributed by atoms with Crippen LogP contribution in [0, 0.1) is 5.92 Å². The first-order valence-electron chi connectivity index (χ1n) is 8.61. The van der Waals surface area contributed by atoms with E-state index < -0.39 is 11.9 Å². The van der Waals surface area contributed by atoms with Crippen molar-refractivity contribution in [3.63, 3.8) is 0 Å². The Morgan fingerprint density at radius 2 is 1.60 bits per heavy atom. The molecule has 0 heterocycles. The average Bonchev–Trinajstić information content (AvgIpc) is 2.61. The molecule has 3 nitrogen and oxygen atoms in total. The maximum Gasteiger partial charge on any atom is 0.317 e. The number of carbonyl (C=O) groups is 2. The molecule has 0 radical (unpaired) electrons. The van der Waals surface area contributed by atoms with Gasteiger partial charge in [-0.1, -0.05) is 60.7 Å². The number of benzene rings is 2. The maximum absolute atomic E-state index is 12.8.